The number of benzene rings is 1. The molecular formula is C20H22N4O4S2. The Morgan fingerprint density at radius 3 is 2.67 bits per heavy atom. The van der Waals surface area contributed by atoms with Crippen LogP contribution in [-0.2, 0) is 9.84 Å². The van der Waals surface area contributed by atoms with Crippen LogP contribution in [0.5, 0.6) is 5.75 Å². The predicted octanol–water partition coefficient (Wildman–Crippen LogP) is 3.40. The van der Waals surface area contributed by atoms with Crippen LogP contribution in [0.4, 0.5) is 10.5 Å². The summed E-state index contributed by atoms with van der Waals surface area (Å²) in [5.41, 5.74) is 3.24. The molecule has 0 saturated carbocycles. The van der Waals surface area contributed by atoms with Crippen molar-refractivity contribution in [1.29, 1.82) is 0 Å². The van der Waals surface area contributed by atoms with Crippen LogP contribution >= 0.6 is 11.8 Å². The molecule has 158 valence electrons. The van der Waals surface area contributed by atoms with Gasteiger partial charge in [0.15, 0.2) is 9.84 Å². The first-order chi connectivity index (χ1) is 14.3. The molecule has 0 radical (unpaired) electrons. The van der Waals surface area contributed by atoms with E-state index in [9.17, 15) is 13.2 Å². The zero-order chi connectivity index (χ0) is 21.5. The highest BCUT2D eigenvalue weighted by atomic mass is 32.2. The summed E-state index contributed by atoms with van der Waals surface area (Å²) in [4.78, 5) is 17.3. The van der Waals surface area contributed by atoms with Gasteiger partial charge in [-0.15, -0.1) is 0 Å². The number of carbonyl (C=O) groups is 1. The van der Waals surface area contributed by atoms with Crippen LogP contribution < -0.4 is 10.1 Å². The molecule has 0 spiro atoms. The summed E-state index contributed by atoms with van der Waals surface area (Å²) in [6, 6.07) is 7.09. The molecule has 0 aliphatic carbocycles. The maximum atomic E-state index is 12.0. The number of hydrogen-bond acceptors (Lipinski definition) is 7. The van der Waals surface area contributed by atoms with Gasteiger partial charge in [-0.05, 0) is 62.4 Å². The fraction of sp³-hybridized carbons (Fsp3) is 0.350. The summed E-state index contributed by atoms with van der Waals surface area (Å²) in [5.74, 6) is 1.51. The highest BCUT2D eigenvalue weighted by molar-refractivity contribution is 8.18. The number of nitrogens with zero attached hydrogens (tertiary/aromatic N) is 3. The molecule has 1 unspecified atom stereocenters. The summed E-state index contributed by atoms with van der Waals surface area (Å²) in [5, 5.41) is 7.17. The fourth-order valence-electron chi connectivity index (χ4n) is 3.64. The molecule has 2 aromatic rings. The van der Waals surface area contributed by atoms with Gasteiger partial charge in [0.05, 0.1) is 40.9 Å². The number of carbonyl (C=O) groups excluding carboxylic acids is 1. The molecule has 10 heteroatoms. The molecule has 1 N–H and O–H groups in total. The van der Waals surface area contributed by atoms with Crippen molar-refractivity contribution in [1.82, 2.24) is 15.1 Å². The topological polar surface area (TPSA) is 103 Å². The Morgan fingerprint density at radius 1 is 1.30 bits per heavy atom. The minimum Gasteiger partial charge on any atom is -0.497 e. The molecule has 1 atom stereocenters. The lowest BCUT2D eigenvalue weighted by Gasteiger charge is -2.11. The van der Waals surface area contributed by atoms with Crippen LogP contribution in [0.2, 0.25) is 0 Å². The first-order valence-electron chi connectivity index (χ1n) is 9.45. The summed E-state index contributed by atoms with van der Waals surface area (Å²) in [6.45, 7) is 3.81. The van der Waals surface area contributed by atoms with Crippen molar-refractivity contribution in [2.45, 2.75) is 26.3 Å². The van der Waals surface area contributed by atoms with Crippen molar-refractivity contribution in [3.8, 4) is 5.75 Å². The lowest BCUT2D eigenvalue weighted by molar-refractivity contribution is 0.265. The van der Waals surface area contributed by atoms with Crippen molar-refractivity contribution in [3.63, 3.8) is 0 Å². The highest BCUT2D eigenvalue weighted by Crippen LogP contribution is 2.32. The third-order valence-corrected chi connectivity index (χ3v) is 7.75. The number of amides is 1. The van der Waals surface area contributed by atoms with E-state index in [2.05, 4.69) is 15.4 Å². The number of aliphatic imine (C=N–C) groups is 1. The molecule has 30 heavy (non-hydrogen) atoms. The second kappa shape index (κ2) is 7.92. The van der Waals surface area contributed by atoms with Crippen LogP contribution in [0.1, 0.15) is 29.4 Å². The van der Waals surface area contributed by atoms with E-state index in [1.807, 2.05) is 32.1 Å². The Bertz CT molecular complexity index is 1160. The average Bonchev–Trinajstić information content (AvgIpc) is 3.33. The standard InChI is InChI=1S/C20H22N4O4S2/c1-12-17(13(2)24(23-12)15-8-9-30(26,27)11-15)10-18-19(22-20(25)29-18)21-14-4-6-16(28-3)7-5-14/h4-7,10,15H,8-9,11H2,1-3H3,(H,21,22,25). The molecule has 3 heterocycles. The Balaban J connectivity index is 1.67. The molecule has 2 aliphatic heterocycles. The number of ether oxygens (including phenoxy) is 1. The minimum atomic E-state index is -3.01. The normalized spacial score (nSPS) is 23.3. The largest absolute Gasteiger partial charge is 0.497 e. The molecule has 2 fully saturated rings. The minimum absolute atomic E-state index is 0.115. The van der Waals surface area contributed by atoms with Gasteiger partial charge in [0.2, 0.25) is 0 Å². The van der Waals surface area contributed by atoms with Gasteiger partial charge >= 0.3 is 0 Å². The SMILES string of the molecule is COc1ccc(N=C2NC(=O)SC2=Cc2c(C)nn(C3CCS(=O)(=O)C3)c2C)cc1. The predicted molar refractivity (Wildman–Crippen MR) is 118 cm³/mol. The maximum Gasteiger partial charge on any atom is 0.289 e. The van der Waals surface area contributed by atoms with Gasteiger partial charge < -0.3 is 10.1 Å². The number of rotatable bonds is 4. The third kappa shape index (κ3) is 4.15. The van der Waals surface area contributed by atoms with Gasteiger partial charge in [-0.25, -0.2) is 13.4 Å². The number of aromatic nitrogens is 2. The number of nitrogens with one attached hydrogen (secondary N) is 1. The van der Waals surface area contributed by atoms with E-state index in [1.54, 1.807) is 23.9 Å². The summed E-state index contributed by atoms with van der Waals surface area (Å²) >= 11 is 1.08. The summed E-state index contributed by atoms with van der Waals surface area (Å²) in [7, 11) is -1.41. The van der Waals surface area contributed by atoms with E-state index in [-0.39, 0.29) is 22.8 Å². The summed E-state index contributed by atoms with van der Waals surface area (Å²) in [6.07, 6.45) is 2.46. The Hall–Kier alpha value is -2.59. The highest BCUT2D eigenvalue weighted by Gasteiger charge is 2.32. The molecule has 1 aromatic heterocycles. The van der Waals surface area contributed by atoms with E-state index < -0.39 is 9.84 Å². The van der Waals surface area contributed by atoms with Crippen LogP contribution in [0.15, 0.2) is 34.2 Å². The molecular weight excluding hydrogens is 424 g/mol. The quantitative estimate of drug-likeness (QED) is 0.772. The monoisotopic (exact) mass is 446 g/mol. The van der Waals surface area contributed by atoms with E-state index in [1.165, 1.54) is 0 Å². The van der Waals surface area contributed by atoms with Crippen LogP contribution in [0, 0.1) is 13.8 Å². The van der Waals surface area contributed by atoms with E-state index >= 15 is 0 Å². The first-order valence-corrected chi connectivity index (χ1v) is 12.1. The Morgan fingerprint density at radius 2 is 2.03 bits per heavy atom. The van der Waals surface area contributed by atoms with Gasteiger partial charge in [-0.2, -0.15) is 5.10 Å². The number of amidine groups is 1. The molecule has 1 amide bonds. The lowest BCUT2D eigenvalue weighted by atomic mass is 10.1. The molecule has 4 rings (SSSR count). The molecule has 8 nitrogen and oxygen atoms in total. The number of methoxy groups -OCH3 is 1. The van der Waals surface area contributed by atoms with Gasteiger partial charge in [0.1, 0.15) is 11.6 Å². The van der Waals surface area contributed by atoms with Gasteiger partial charge in [-0.1, -0.05) is 0 Å². The molecule has 2 aliphatic rings. The second-order valence-electron chi connectivity index (χ2n) is 7.27. The van der Waals surface area contributed by atoms with Crippen molar-refractivity contribution in [3.05, 3.63) is 46.1 Å². The number of aryl methyl sites for hydroxylation is 1. The van der Waals surface area contributed by atoms with Crippen LogP contribution in [0.25, 0.3) is 6.08 Å². The second-order valence-corrected chi connectivity index (χ2v) is 10.5. The van der Waals surface area contributed by atoms with Crippen LogP contribution in [-0.4, -0.2) is 47.9 Å². The van der Waals surface area contributed by atoms with Gasteiger partial charge in [0, 0.05) is 11.3 Å². The fourth-order valence-corrected chi connectivity index (χ4v) is 6.05. The van der Waals surface area contributed by atoms with Crippen molar-refractivity contribution < 1.29 is 17.9 Å². The Labute approximate surface area is 179 Å². The van der Waals surface area contributed by atoms with Crippen LogP contribution in [0.3, 0.4) is 0 Å². The molecule has 1 aromatic carbocycles. The van der Waals surface area contributed by atoms with Crippen molar-refractivity contribution in [2.24, 2.45) is 4.99 Å². The van der Waals surface area contributed by atoms with Crippen molar-refractivity contribution in [2.75, 3.05) is 18.6 Å². The molecule has 2 saturated heterocycles. The lowest BCUT2D eigenvalue weighted by Crippen LogP contribution is -2.18. The number of sulfone groups is 1. The zero-order valence-electron chi connectivity index (χ0n) is 16.9. The third-order valence-electron chi connectivity index (χ3n) is 5.18. The molecule has 0 bridgehead atoms. The summed E-state index contributed by atoms with van der Waals surface area (Å²) < 4.78 is 30.7. The van der Waals surface area contributed by atoms with Gasteiger partial charge in [-0.3, -0.25) is 9.48 Å². The van der Waals surface area contributed by atoms with E-state index in [4.69, 9.17) is 4.74 Å². The van der Waals surface area contributed by atoms with E-state index in [0.717, 1.165) is 34.5 Å². The number of hydrogen-bond donors (Lipinski definition) is 1. The maximum absolute atomic E-state index is 12.0. The van der Waals surface area contributed by atoms with Gasteiger partial charge in [0.25, 0.3) is 5.24 Å². The average molecular weight is 447 g/mol. The van der Waals surface area contributed by atoms with Crippen molar-refractivity contribution >= 4 is 44.4 Å². The first kappa shape index (κ1) is 20.7. The van der Waals surface area contributed by atoms with E-state index in [0.29, 0.717) is 22.8 Å². The number of thioether (sulfide) groups is 1. The smallest absolute Gasteiger partial charge is 0.289 e. The zero-order valence-corrected chi connectivity index (χ0v) is 18.5. The Kier molecular flexibility index (Phi) is 5.46.